The molecular formula is C10H15F3N2O3S. The molecule has 9 heteroatoms. The number of sulfonamides is 1. The standard InChI is InChI=1S/C10H15F3N2O3S/c11-10(12,13)3-1-2-4-15-19(17,18)9-5-8(7-16)14-6-9/h5-6,14-16H,1-4,7H2. The van der Waals surface area contributed by atoms with Crippen LogP contribution in [0.3, 0.4) is 0 Å². The van der Waals surface area contributed by atoms with E-state index in [9.17, 15) is 21.6 Å². The largest absolute Gasteiger partial charge is 0.390 e. The van der Waals surface area contributed by atoms with Crippen molar-refractivity contribution < 1.29 is 26.7 Å². The summed E-state index contributed by atoms with van der Waals surface area (Å²) in [6.07, 6.45) is -3.94. The maximum Gasteiger partial charge on any atom is 0.389 e. The number of aliphatic hydroxyl groups excluding tert-OH is 1. The fraction of sp³-hybridized carbons (Fsp3) is 0.600. The van der Waals surface area contributed by atoms with Crippen LogP contribution >= 0.6 is 0 Å². The van der Waals surface area contributed by atoms with Crippen molar-refractivity contribution in [2.24, 2.45) is 0 Å². The molecule has 1 aromatic heterocycles. The van der Waals surface area contributed by atoms with Gasteiger partial charge in [-0.25, -0.2) is 13.1 Å². The Labute approximate surface area is 108 Å². The number of aromatic nitrogens is 1. The first kappa shape index (κ1) is 16.0. The molecule has 0 saturated heterocycles. The minimum absolute atomic E-state index is 0.0487. The van der Waals surface area contributed by atoms with E-state index in [2.05, 4.69) is 9.71 Å². The third-order valence-electron chi connectivity index (χ3n) is 2.38. The molecule has 0 atom stereocenters. The summed E-state index contributed by atoms with van der Waals surface area (Å²) in [6, 6.07) is 1.26. The van der Waals surface area contributed by atoms with Gasteiger partial charge in [-0.05, 0) is 18.9 Å². The molecule has 1 rings (SSSR count). The second kappa shape index (κ2) is 6.40. The van der Waals surface area contributed by atoms with Crippen molar-refractivity contribution in [3.8, 4) is 0 Å². The van der Waals surface area contributed by atoms with Crippen LogP contribution in [0, 0.1) is 0 Å². The van der Waals surface area contributed by atoms with E-state index in [-0.39, 0.29) is 30.9 Å². The lowest BCUT2D eigenvalue weighted by molar-refractivity contribution is -0.135. The lowest BCUT2D eigenvalue weighted by Crippen LogP contribution is -2.24. The van der Waals surface area contributed by atoms with E-state index in [1.54, 1.807) is 0 Å². The summed E-state index contributed by atoms with van der Waals surface area (Å²) in [5, 5.41) is 8.79. The number of halogens is 3. The summed E-state index contributed by atoms with van der Waals surface area (Å²) in [7, 11) is -3.74. The van der Waals surface area contributed by atoms with Crippen molar-refractivity contribution in [1.29, 1.82) is 0 Å². The number of unbranched alkanes of at least 4 members (excludes halogenated alkanes) is 1. The molecule has 0 aliphatic carbocycles. The van der Waals surface area contributed by atoms with E-state index in [0.29, 0.717) is 5.69 Å². The summed E-state index contributed by atoms with van der Waals surface area (Å²) in [4.78, 5) is 2.52. The molecule has 19 heavy (non-hydrogen) atoms. The Morgan fingerprint density at radius 3 is 2.53 bits per heavy atom. The summed E-state index contributed by atoms with van der Waals surface area (Å²) >= 11 is 0. The molecule has 0 aliphatic rings. The highest BCUT2D eigenvalue weighted by Gasteiger charge is 2.26. The number of aromatic amines is 1. The van der Waals surface area contributed by atoms with Gasteiger partial charge in [-0.2, -0.15) is 13.2 Å². The average Bonchev–Trinajstić information content (AvgIpc) is 2.76. The van der Waals surface area contributed by atoms with E-state index in [4.69, 9.17) is 5.11 Å². The third-order valence-corrected chi connectivity index (χ3v) is 3.82. The zero-order valence-corrected chi connectivity index (χ0v) is 10.8. The molecule has 1 heterocycles. The topological polar surface area (TPSA) is 82.2 Å². The van der Waals surface area contributed by atoms with Crippen LogP contribution in [-0.4, -0.2) is 31.2 Å². The van der Waals surface area contributed by atoms with Gasteiger partial charge >= 0.3 is 6.18 Å². The van der Waals surface area contributed by atoms with E-state index >= 15 is 0 Å². The highest BCUT2D eigenvalue weighted by molar-refractivity contribution is 7.89. The number of nitrogens with one attached hydrogen (secondary N) is 2. The number of hydrogen-bond donors (Lipinski definition) is 3. The molecule has 0 bridgehead atoms. The molecule has 0 aromatic carbocycles. The molecule has 0 fully saturated rings. The Morgan fingerprint density at radius 2 is 2.00 bits per heavy atom. The lowest BCUT2D eigenvalue weighted by Gasteiger charge is -2.07. The molecule has 3 N–H and O–H groups in total. The SMILES string of the molecule is O=S(=O)(NCCCCC(F)(F)F)c1c[nH]c(CO)c1. The maximum atomic E-state index is 11.9. The van der Waals surface area contributed by atoms with Gasteiger partial charge in [0.05, 0.1) is 11.5 Å². The Bertz CT molecular complexity index is 496. The number of rotatable bonds is 7. The van der Waals surface area contributed by atoms with Crippen molar-refractivity contribution in [2.75, 3.05) is 6.54 Å². The van der Waals surface area contributed by atoms with Gasteiger partial charge in [0.25, 0.3) is 0 Å². The highest BCUT2D eigenvalue weighted by atomic mass is 32.2. The maximum absolute atomic E-state index is 11.9. The Kier molecular flexibility index (Phi) is 5.39. The summed E-state index contributed by atoms with van der Waals surface area (Å²) in [5.41, 5.74) is 0.345. The first-order chi connectivity index (χ1) is 8.74. The minimum Gasteiger partial charge on any atom is -0.390 e. The molecule has 0 radical (unpaired) electrons. The van der Waals surface area contributed by atoms with Gasteiger partial charge in [0.1, 0.15) is 0 Å². The number of hydrogen-bond acceptors (Lipinski definition) is 3. The zero-order valence-electron chi connectivity index (χ0n) is 10.00. The summed E-state index contributed by atoms with van der Waals surface area (Å²) in [5.74, 6) is 0. The molecule has 0 aliphatic heterocycles. The monoisotopic (exact) mass is 300 g/mol. The molecule has 0 spiro atoms. The van der Waals surface area contributed by atoms with Gasteiger partial charge in [-0.1, -0.05) is 0 Å². The van der Waals surface area contributed by atoms with Gasteiger partial charge in [-0.3, -0.25) is 0 Å². The Hall–Kier alpha value is -1.06. The zero-order chi connectivity index (χ0) is 14.5. The summed E-state index contributed by atoms with van der Waals surface area (Å²) < 4.78 is 61.1. The van der Waals surface area contributed by atoms with Crippen LogP contribution in [0.15, 0.2) is 17.2 Å². The molecule has 0 saturated carbocycles. The lowest BCUT2D eigenvalue weighted by atomic mass is 10.2. The van der Waals surface area contributed by atoms with Crippen LogP contribution in [-0.2, 0) is 16.6 Å². The van der Waals surface area contributed by atoms with E-state index in [0.717, 1.165) is 0 Å². The smallest absolute Gasteiger partial charge is 0.389 e. The van der Waals surface area contributed by atoms with E-state index in [1.165, 1.54) is 12.3 Å². The molecule has 5 nitrogen and oxygen atoms in total. The van der Waals surface area contributed by atoms with Gasteiger partial charge in [0.15, 0.2) is 0 Å². The van der Waals surface area contributed by atoms with Crippen molar-refractivity contribution in [1.82, 2.24) is 9.71 Å². The average molecular weight is 300 g/mol. The Balaban J connectivity index is 2.39. The number of alkyl halides is 3. The predicted molar refractivity (Wildman–Crippen MR) is 61.8 cm³/mol. The van der Waals surface area contributed by atoms with Crippen LogP contribution in [0.5, 0.6) is 0 Å². The predicted octanol–water partition coefficient (Wildman–Crippen LogP) is 1.52. The van der Waals surface area contributed by atoms with Crippen molar-refractivity contribution in [3.63, 3.8) is 0 Å². The second-order valence-corrected chi connectivity index (χ2v) is 5.76. The van der Waals surface area contributed by atoms with Crippen molar-refractivity contribution >= 4 is 10.0 Å². The fourth-order valence-electron chi connectivity index (χ4n) is 1.41. The minimum atomic E-state index is -4.21. The van der Waals surface area contributed by atoms with Gasteiger partial charge in [0, 0.05) is 24.9 Å². The van der Waals surface area contributed by atoms with Crippen LogP contribution in [0.2, 0.25) is 0 Å². The third kappa shape index (κ3) is 5.62. The second-order valence-electron chi connectivity index (χ2n) is 3.99. The van der Waals surface area contributed by atoms with Crippen LogP contribution in [0.25, 0.3) is 0 Å². The van der Waals surface area contributed by atoms with Gasteiger partial charge < -0.3 is 10.1 Å². The van der Waals surface area contributed by atoms with Gasteiger partial charge in [-0.15, -0.1) is 0 Å². The number of aliphatic hydroxyl groups is 1. The molecule has 0 amide bonds. The molecular weight excluding hydrogens is 285 g/mol. The molecule has 1 aromatic rings. The van der Waals surface area contributed by atoms with Crippen molar-refractivity contribution in [3.05, 3.63) is 18.0 Å². The first-order valence-electron chi connectivity index (χ1n) is 5.59. The van der Waals surface area contributed by atoms with E-state index < -0.39 is 22.6 Å². The van der Waals surface area contributed by atoms with Crippen LogP contribution in [0.4, 0.5) is 13.2 Å². The van der Waals surface area contributed by atoms with Gasteiger partial charge in [0.2, 0.25) is 10.0 Å². The Morgan fingerprint density at radius 1 is 1.32 bits per heavy atom. The summed E-state index contributed by atoms with van der Waals surface area (Å²) in [6.45, 7) is -0.376. The van der Waals surface area contributed by atoms with Crippen LogP contribution in [0.1, 0.15) is 25.0 Å². The quantitative estimate of drug-likeness (QED) is 0.668. The van der Waals surface area contributed by atoms with Crippen molar-refractivity contribution in [2.45, 2.75) is 36.9 Å². The fourth-order valence-corrected chi connectivity index (χ4v) is 2.50. The molecule has 110 valence electrons. The molecule has 0 unspecified atom stereocenters. The number of H-pyrrole nitrogens is 1. The van der Waals surface area contributed by atoms with Crippen LogP contribution < -0.4 is 4.72 Å². The first-order valence-corrected chi connectivity index (χ1v) is 7.07. The normalized spacial score (nSPS) is 12.8. The van der Waals surface area contributed by atoms with E-state index in [1.807, 2.05) is 0 Å². The highest BCUT2D eigenvalue weighted by Crippen LogP contribution is 2.22.